The lowest BCUT2D eigenvalue weighted by atomic mass is 9.81. The summed E-state index contributed by atoms with van der Waals surface area (Å²) >= 11 is 1.41. The van der Waals surface area contributed by atoms with Crippen LogP contribution in [0, 0.1) is 0 Å². The molecule has 3 N–H and O–H groups in total. The number of amides is 1. The van der Waals surface area contributed by atoms with Gasteiger partial charge in [-0.1, -0.05) is 11.3 Å². The van der Waals surface area contributed by atoms with Crippen LogP contribution in [0.5, 0.6) is 0 Å². The number of thiazole rings is 1. The number of hydrogen-bond acceptors (Lipinski definition) is 9. The van der Waals surface area contributed by atoms with Crippen molar-refractivity contribution in [2.75, 3.05) is 30.3 Å². The van der Waals surface area contributed by atoms with E-state index in [4.69, 9.17) is 4.98 Å². The molecule has 0 radical (unpaired) electrons. The third kappa shape index (κ3) is 4.89. The van der Waals surface area contributed by atoms with Crippen molar-refractivity contribution in [3.05, 3.63) is 35.5 Å². The zero-order valence-corrected chi connectivity index (χ0v) is 21.2. The Labute approximate surface area is 215 Å². The molecule has 1 unspecified atom stereocenters. The van der Waals surface area contributed by atoms with Gasteiger partial charge in [-0.3, -0.25) is 14.7 Å². The monoisotopic (exact) mass is 507 g/mol. The van der Waals surface area contributed by atoms with Gasteiger partial charge in [-0.05, 0) is 70.2 Å². The van der Waals surface area contributed by atoms with Gasteiger partial charge in [0.25, 0.3) is 0 Å². The highest BCUT2D eigenvalue weighted by Gasteiger charge is 2.41. The van der Waals surface area contributed by atoms with Crippen LogP contribution in [0.4, 0.5) is 16.8 Å². The molecule has 3 aromatic rings. The summed E-state index contributed by atoms with van der Waals surface area (Å²) in [5.41, 5.74) is 0.856. The Kier molecular flexibility index (Phi) is 6.73. The lowest BCUT2D eigenvalue weighted by molar-refractivity contribution is -0.141. The minimum Gasteiger partial charge on any atom is -0.391 e. The van der Waals surface area contributed by atoms with Crippen LogP contribution in [0.1, 0.15) is 49.8 Å². The van der Waals surface area contributed by atoms with Crippen LogP contribution in [-0.4, -0.2) is 73.5 Å². The molecule has 0 aliphatic carbocycles. The maximum absolute atomic E-state index is 13.3. The van der Waals surface area contributed by atoms with E-state index in [0.717, 1.165) is 60.4 Å². The van der Waals surface area contributed by atoms with Gasteiger partial charge < -0.3 is 20.6 Å². The van der Waals surface area contributed by atoms with E-state index in [1.807, 2.05) is 18.2 Å². The second-order valence-corrected chi connectivity index (χ2v) is 11.3. The molecule has 3 aliphatic rings. The molecular formula is C26H33N7O2S. The van der Waals surface area contributed by atoms with E-state index in [1.165, 1.54) is 30.6 Å². The van der Waals surface area contributed by atoms with Gasteiger partial charge in [0.05, 0.1) is 23.5 Å². The number of aliphatic hydroxyl groups is 1. The van der Waals surface area contributed by atoms with Gasteiger partial charge in [-0.15, -0.1) is 0 Å². The van der Waals surface area contributed by atoms with E-state index in [9.17, 15) is 9.90 Å². The first kappa shape index (κ1) is 23.6. The van der Waals surface area contributed by atoms with E-state index in [2.05, 4.69) is 30.4 Å². The smallest absolute Gasteiger partial charge is 0.237 e. The molecule has 0 aromatic carbocycles. The first-order chi connectivity index (χ1) is 17.7. The van der Waals surface area contributed by atoms with Crippen LogP contribution >= 0.6 is 11.3 Å². The molecule has 1 amide bonds. The van der Waals surface area contributed by atoms with Crippen LogP contribution in [0.15, 0.2) is 30.6 Å². The number of piperidine rings is 2. The minimum atomic E-state index is -0.0274. The first-order valence-electron chi connectivity index (χ1n) is 13.0. The Morgan fingerprint density at radius 1 is 1.14 bits per heavy atom. The lowest BCUT2D eigenvalue weighted by Crippen LogP contribution is -2.58. The molecule has 0 saturated carbocycles. The van der Waals surface area contributed by atoms with Crippen molar-refractivity contribution in [2.45, 2.75) is 69.7 Å². The summed E-state index contributed by atoms with van der Waals surface area (Å²) in [7, 11) is 0. The zero-order chi connectivity index (χ0) is 24.5. The molecule has 2 bridgehead atoms. The van der Waals surface area contributed by atoms with E-state index in [1.54, 1.807) is 12.4 Å². The number of carbonyl (C=O) groups excluding carboxylic acids is 1. The molecule has 3 fully saturated rings. The zero-order valence-electron chi connectivity index (χ0n) is 20.4. The number of fused-ring (bicyclic) bond motifs is 3. The normalized spacial score (nSPS) is 24.2. The van der Waals surface area contributed by atoms with E-state index in [-0.39, 0.29) is 12.6 Å². The number of anilines is 3. The van der Waals surface area contributed by atoms with Gasteiger partial charge in [0, 0.05) is 42.0 Å². The van der Waals surface area contributed by atoms with E-state index < -0.39 is 0 Å². The second kappa shape index (κ2) is 10.3. The Hall–Kier alpha value is -2.82. The molecule has 3 atom stereocenters. The molecular weight excluding hydrogens is 474 g/mol. The molecule has 0 spiro atoms. The number of pyridine rings is 2. The number of nitrogens with one attached hydrogen (secondary N) is 2. The number of likely N-dealkylation sites (tertiary alicyclic amines) is 1. The van der Waals surface area contributed by atoms with Crippen LogP contribution in [-0.2, 0) is 11.4 Å². The minimum absolute atomic E-state index is 0.0274. The van der Waals surface area contributed by atoms with E-state index in [0.29, 0.717) is 35.5 Å². The van der Waals surface area contributed by atoms with Crippen molar-refractivity contribution in [2.24, 2.45) is 0 Å². The fraction of sp³-hybridized carbons (Fsp3) is 0.538. The van der Waals surface area contributed by atoms with Gasteiger partial charge in [0.1, 0.15) is 11.6 Å². The topological polar surface area (TPSA) is 107 Å². The Bertz CT molecular complexity index is 1210. The fourth-order valence-electron chi connectivity index (χ4n) is 6.11. The fourth-order valence-corrected chi connectivity index (χ4v) is 6.79. The average molecular weight is 508 g/mol. The molecule has 36 heavy (non-hydrogen) atoms. The summed E-state index contributed by atoms with van der Waals surface area (Å²) in [4.78, 5) is 32.4. The van der Waals surface area contributed by atoms with Gasteiger partial charge in [-0.25, -0.2) is 9.97 Å². The number of hydrogen-bond donors (Lipinski definition) is 3. The number of nitrogens with zero attached hydrogens (tertiary/aromatic N) is 5. The quantitative estimate of drug-likeness (QED) is 0.444. The Balaban J connectivity index is 1.20. The number of carbonyl (C=O) groups is 1. The van der Waals surface area contributed by atoms with Crippen molar-refractivity contribution in [1.29, 1.82) is 0 Å². The largest absolute Gasteiger partial charge is 0.391 e. The lowest BCUT2D eigenvalue weighted by Gasteiger charge is -2.49. The molecule has 190 valence electrons. The molecule has 10 heteroatoms. The summed E-state index contributed by atoms with van der Waals surface area (Å²) in [6.07, 6.45) is 11.1. The Morgan fingerprint density at radius 2 is 1.94 bits per heavy atom. The number of aromatic nitrogens is 3. The van der Waals surface area contributed by atoms with Gasteiger partial charge in [-0.2, -0.15) is 0 Å². The van der Waals surface area contributed by atoms with Crippen LogP contribution in [0.25, 0.3) is 10.9 Å². The van der Waals surface area contributed by atoms with Crippen molar-refractivity contribution >= 4 is 44.9 Å². The van der Waals surface area contributed by atoms with Crippen molar-refractivity contribution in [3.8, 4) is 0 Å². The number of aliphatic hydroxyl groups excluding tert-OH is 1. The number of rotatable bonds is 7. The second-order valence-electron chi connectivity index (χ2n) is 10.2. The highest BCUT2D eigenvalue weighted by molar-refractivity contribution is 7.15. The summed E-state index contributed by atoms with van der Waals surface area (Å²) in [5.74, 6) is 1.79. The predicted molar refractivity (Wildman–Crippen MR) is 141 cm³/mol. The van der Waals surface area contributed by atoms with Crippen molar-refractivity contribution in [1.82, 2.24) is 24.8 Å². The standard InChI is InChI=1S/C26H33N7O2S/c34-16-20-14-28-26(36-20)31-23-13-22-21(7-4-8-27-22)25(30-23)29-17-11-18-5-3-6-19(12-17)33(18)24(35)15-32-9-1-2-10-32/h4,7-8,13-14,17-19,34H,1-3,5-6,9-12,15-16H2,(H2,28,29,30,31)/t17?,18-,19+. The van der Waals surface area contributed by atoms with Gasteiger partial charge >= 0.3 is 0 Å². The van der Waals surface area contributed by atoms with Crippen LogP contribution in [0.3, 0.4) is 0 Å². The molecule has 3 saturated heterocycles. The van der Waals surface area contributed by atoms with Crippen LogP contribution in [0.2, 0.25) is 0 Å². The molecule has 6 heterocycles. The summed E-state index contributed by atoms with van der Waals surface area (Å²) in [6.45, 7) is 2.66. The van der Waals surface area contributed by atoms with Crippen molar-refractivity contribution in [3.63, 3.8) is 0 Å². The molecule has 6 rings (SSSR count). The predicted octanol–water partition coefficient (Wildman–Crippen LogP) is 3.74. The van der Waals surface area contributed by atoms with Crippen molar-refractivity contribution < 1.29 is 9.90 Å². The maximum atomic E-state index is 13.3. The summed E-state index contributed by atoms with van der Waals surface area (Å²) < 4.78 is 0. The highest BCUT2D eigenvalue weighted by atomic mass is 32.1. The highest BCUT2D eigenvalue weighted by Crippen LogP contribution is 2.36. The third-order valence-electron chi connectivity index (χ3n) is 7.70. The first-order valence-corrected chi connectivity index (χ1v) is 13.9. The maximum Gasteiger partial charge on any atom is 0.237 e. The Morgan fingerprint density at radius 3 is 2.69 bits per heavy atom. The van der Waals surface area contributed by atoms with Gasteiger partial charge in [0.2, 0.25) is 5.91 Å². The summed E-state index contributed by atoms with van der Waals surface area (Å²) in [5, 5.41) is 18.0. The molecule has 3 aliphatic heterocycles. The average Bonchev–Trinajstić information content (AvgIpc) is 3.55. The van der Waals surface area contributed by atoms with Crippen LogP contribution < -0.4 is 10.6 Å². The summed E-state index contributed by atoms with van der Waals surface area (Å²) in [6, 6.07) is 6.75. The van der Waals surface area contributed by atoms with E-state index >= 15 is 0 Å². The van der Waals surface area contributed by atoms with Gasteiger partial charge in [0.15, 0.2) is 5.13 Å². The third-order valence-corrected chi connectivity index (χ3v) is 8.60. The SMILES string of the molecule is O=C(CN1CCCC1)N1[C@@H]2CCC[C@H]1CC(Nc1nc(Nc3ncc(CO)s3)cc3ncccc13)C2. The molecule has 3 aromatic heterocycles. The molecule has 9 nitrogen and oxygen atoms in total.